The molecule has 0 radical (unpaired) electrons. The van der Waals surface area contributed by atoms with Crippen molar-refractivity contribution >= 4 is 30.9 Å². The lowest BCUT2D eigenvalue weighted by Gasteiger charge is -2.30. The molecule has 14 nitrogen and oxygen atoms in total. The van der Waals surface area contributed by atoms with E-state index >= 15 is 0 Å². The summed E-state index contributed by atoms with van der Waals surface area (Å²) in [6.45, 7) is 3.86. The van der Waals surface area contributed by atoms with Gasteiger partial charge in [0.15, 0.2) is 6.10 Å². The predicted molar refractivity (Wildman–Crippen MR) is 169 cm³/mol. The van der Waals surface area contributed by atoms with Gasteiger partial charge >= 0.3 is 19.7 Å². The number of nitrogens with zero attached hydrogens (tertiary/aromatic N) is 3. The van der Waals surface area contributed by atoms with Crippen molar-refractivity contribution in [2.24, 2.45) is 5.92 Å². The van der Waals surface area contributed by atoms with Crippen molar-refractivity contribution in [1.29, 1.82) is 5.26 Å². The van der Waals surface area contributed by atoms with Crippen LogP contribution in [0.2, 0.25) is 0 Å². The highest BCUT2D eigenvalue weighted by molar-refractivity contribution is 7.52. The first-order chi connectivity index (χ1) is 22.4. The van der Waals surface area contributed by atoms with E-state index in [1.165, 1.54) is 29.8 Å². The molecule has 1 saturated carbocycles. The number of carbonyl (C=O) groups excluding carboxylic acids is 2. The van der Waals surface area contributed by atoms with Gasteiger partial charge in [0.25, 0.3) is 0 Å². The van der Waals surface area contributed by atoms with Crippen LogP contribution in [-0.2, 0) is 32.9 Å². The Kier molecular flexibility index (Phi) is 10.5. The molecule has 3 aromatic rings. The van der Waals surface area contributed by atoms with Crippen molar-refractivity contribution in [1.82, 2.24) is 14.7 Å². The van der Waals surface area contributed by atoms with Crippen molar-refractivity contribution in [3.8, 4) is 11.8 Å². The second kappa shape index (κ2) is 14.4. The van der Waals surface area contributed by atoms with E-state index in [1.54, 1.807) is 50.2 Å². The number of ether oxygens (including phenoxy) is 3. The van der Waals surface area contributed by atoms with Crippen molar-refractivity contribution in [2.75, 3.05) is 12.3 Å². The monoisotopic (exact) mass is 669 g/mol. The number of hydrogen-bond acceptors (Lipinski definition) is 12. The number of nitriles is 1. The van der Waals surface area contributed by atoms with Gasteiger partial charge in [0, 0.05) is 6.20 Å². The maximum atomic E-state index is 14.3. The van der Waals surface area contributed by atoms with Gasteiger partial charge in [-0.1, -0.05) is 38.5 Å². The average molecular weight is 670 g/mol. The zero-order chi connectivity index (χ0) is 33.8. The lowest BCUT2D eigenvalue weighted by molar-refractivity contribution is -0.164. The summed E-state index contributed by atoms with van der Waals surface area (Å²) >= 11 is 0. The minimum Gasteiger partial charge on any atom is -0.461 e. The summed E-state index contributed by atoms with van der Waals surface area (Å²) in [6.07, 6.45) is 1.29. The number of nitrogens with two attached hydrogens (primary N) is 1. The van der Waals surface area contributed by atoms with Gasteiger partial charge < -0.3 is 29.6 Å². The summed E-state index contributed by atoms with van der Waals surface area (Å²) in [7, 11) is -4.48. The fourth-order valence-electron chi connectivity index (χ4n) is 5.60. The number of hydrogen-bond donors (Lipinski definition) is 3. The van der Waals surface area contributed by atoms with E-state index in [0.29, 0.717) is 16.9 Å². The van der Waals surface area contributed by atoms with Gasteiger partial charge in [0.1, 0.15) is 42.8 Å². The summed E-state index contributed by atoms with van der Waals surface area (Å²) in [5, 5.41) is 29.0. The Labute approximate surface area is 272 Å². The van der Waals surface area contributed by atoms with Gasteiger partial charge in [-0.05, 0) is 62.9 Å². The van der Waals surface area contributed by atoms with Crippen LogP contribution in [0.5, 0.6) is 5.75 Å². The highest BCUT2D eigenvalue weighted by Gasteiger charge is 2.60. The number of esters is 2. The average Bonchev–Trinajstić information content (AvgIpc) is 3.60. The number of aliphatic hydroxyl groups excluding tert-OH is 1. The topological polar surface area (TPSA) is 197 Å². The molecule has 4 N–H and O–H groups in total. The lowest BCUT2D eigenvalue weighted by atomic mass is 9.95. The van der Waals surface area contributed by atoms with Gasteiger partial charge in [-0.3, -0.25) is 14.1 Å². The zero-order valence-electron chi connectivity index (χ0n) is 26.5. The third-order valence-corrected chi connectivity index (χ3v) is 9.81. The molecule has 2 aromatic heterocycles. The van der Waals surface area contributed by atoms with E-state index < -0.39 is 62.2 Å². The lowest BCUT2D eigenvalue weighted by Crippen LogP contribution is -2.49. The summed E-state index contributed by atoms with van der Waals surface area (Å²) in [5.41, 5.74) is 5.18. The SMILES string of the molecule is CC(C)C(=O)O[C@H]1[C@@H](O)[C@H](c2ccc3c(N)ccnn23)O[C@]1(C#N)CO[P@@](=O)(N[C@@H](C)C(=O)OC1CCCCC1)Oc1ccccc1. The molecule has 252 valence electrons. The highest BCUT2D eigenvalue weighted by atomic mass is 31.2. The summed E-state index contributed by atoms with van der Waals surface area (Å²) in [4.78, 5) is 25.8. The smallest absolute Gasteiger partial charge is 0.459 e. The van der Waals surface area contributed by atoms with Crippen LogP contribution >= 0.6 is 7.75 Å². The Bertz CT molecular complexity index is 1660. The molecule has 0 spiro atoms. The minimum absolute atomic E-state index is 0.151. The molecule has 15 heteroatoms. The van der Waals surface area contributed by atoms with E-state index in [4.69, 9.17) is 29.0 Å². The molecule has 1 aliphatic heterocycles. The summed E-state index contributed by atoms with van der Waals surface area (Å²) in [5.74, 6) is -1.81. The number of aromatic nitrogens is 2. The number of benzene rings is 1. The molecular weight excluding hydrogens is 629 g/mol. The van der Waals surface area contributed by atoms with Gasteiger partial charge in [0.05, 0.1) is 22.8 Å². The minimum atomic E-state index is -4.48. The molecule has 2 aliphatic rings. The summed E-state index contributed by atoms with van der Waals surface area (Å²) < 4.78 is 44.8. The van der Waals surface area contributed by atoms with Crippen LogP contribution < -0.4 is 15.3 Å². The van der Waals surface area contributed by atoms with Crippen molar-refractivity contribution in [3.05, 3.63) is 60.4 Å². The van der Waals surface area contributed by atoms with Crippen LogP contribution in [-0.4, -0.2) is 63.2 Å². The normalized spacial score (nSPS) is 25.1. The highest BCUT2D eigenvalue weighted by Crippen LogP contribution is 2.49. The van der Waals surface area contributed by atoms with E-state index in [9.17, 15) is 24.5 Å². The molecule has 0 amide bonds. The predicted octanol–water partition coefficient (Wildman–Crippen LogP) is 4.24. The van der Waals surface area contributed by atoms with Gasteiger partial charge in [-0.2, -0.15) is 15.4 Å². The van der Waals surface area contributed by atoms with Gasteiger partial charge in [-0.25, -0.2) is 9.08 Å². The first-order valence-corrected chi connectivity index (χ1v) is 17.2. The number of nitrogens with one attached hydrogen (secondary N) is 1. The molecule has 6 atom stereocenters. The van der Waals surface area contributed by atoms with Crippen molar-refractivity contribution < 1.29 is 42.5 Å². The third kappa shape index (κ3) is 7.61. The molecular formula is C32H40N5O9P. The fourth-order valence-corrected chi connectivity index (χ4v) is 7.12. The van der Waals surface area contributed by atoms with Crippen LogP contribution in [0.25, 0.3) is 5.52 Å². The molecule has 5 rings (SSSR count). The standard InChI is InChI=1S/C32H40N5O9P/c1-20(2)30(39)44-29-27(38)28(26-15-14-25-24(34)16-17-35-37(25)26)45-32(29,18-33)19-42-47(41,46-23-12-8-5-9-13-23)36-21(3)31(40)43-22-10-6-4-7-11-22/h5,8-9,12-17,20-22,27-29,38H,4,6-7,10-11,19,34H2,1-3H3,(H,36,41)/t21-,27-,28-,29-,32+,47-/m0/s1. The van der Waals surface area contributed by atoms with E-state index in [0.717, 1.165) is 32.1 Å². The van der Waals surface area contributed by atoms with Crippen LogP contribution in [0.4, 0.5) is 5.69 Å². The summed E-state index contributed by atoms with van der Waals surface area (Å²) in [6, 6.07) is 13.9. The molecule has 0 unspecified atom stereocenters. The Morgan fingerprint density at radius 2 is 1.85 bits per heavy atom. The molecule has 1 saturated heterocycles. The molecule has 47 heavy (non-hydrogen) atoms. The number of aliphatic hydroxyl groups is 1. The molecule has 0 bridgehead atoms. The quantitative estimate of drug-likeness (QED) is 0.183. The largest absolute Gasteiger partial charge is 0.461 e. The van der Waals surface area contributed by atoms with Crippen LogP contribution in [0.3, 0.4) is 0 Å². The second-order valence-corrected chi connectivity index (χ2v) is 13.8. The van der Waals surface area contributed by atoms with Crippen LogP contribution in [0.15, 0.2) is 54.7 Å². The molecule has 1 aliphatic carbocycles. The number of fused-ring (bicyclic) bond motifs is 1. The maximum Gasteiger partial charge on any atom is 0.459 e. The number of rotatable bonds is 12. The number of para-hydroxylation sites is 1. The molecule has 1 aromatic carbocycles. The molecule has 2 fully saturated rings. The second-order valence-electron chi connectivity index (χ2n) is 12.1. The number of anilines is 1. The van der Waals surface area contributed by atoms with Gasteiger partial charge in [-0.15, -0.1) is 0 Å². The molecule has 3 heterocycles. The zero-order valence-corrected chi connectivity index (χ0v) is 27.4. The van der Waals surface area contributed by atoms with Crippen LogP contribution in [0, 0.1) is 17.2 Å². The Balaban J connectivity index is 1.44. The maximum absolute atomic E-state index is 14.3. The Morgan fingerprint density at radius 1 is 1.13 bits per heavy atom. The van der Waals surface area contributed by atoms with Gasteiger partial charge in [0.2, 0.25) is 5.60 Å². The Morgan fingerprint density at radius 3 is 2.53 bits per heavy atom. The number of nitrogen functional groups attached to an aromatic ring is 1. The van der Waals surface area contributed by atoms with Crippen molar-refractivity contribution in [2.45, 2.75) is 88.9 Å². The first-order valence-electron chi connectivity index (χ1n) is 15.6. The van der Waals surface area contributed by atoms with Crippen LogP contribution in [0.1, 0.15) is 64.7 Å². The third-order valence-electron chi connectivity index (χ3n) is 8.19. The number of carbonyl (C=O) groups is 2. The van der Waals surface area contributed by atoms with E-state index in [2.05, 4.69) is 10.2 Å². The fraction of sp³-hybridized carbons (Fsp3) is 0.500. The Hall–Kier alpha value is -3.99. The van der Waals surface area contributed by atoms with Crippen molar-refractivity contribution in [3.63, 3.8) is 0 Å². The van der Waals surface area contributed by atoms with E-state index in [-0.39, 0.29) is 11.9 Å². The van der Waals surface area contributed by atoms with E-state index in [1.807, 2.05) is 6.07 Å². The first kappa shape index (κ1) is 34.3.